The smallest absolute Gasteiger partial charge is 0.305 e. The van der Waals surface area contributed by atoms with Crippen LogP contribution in [0.2, 0.25) is 0 Å². The molecule has 0 radical (unpaired) electrons. The third-order valence-electron chi connectivity index (χ3n) is 1.54. The number of ether oxygens (including phenoxy) is 1. The molecule has 88 valence electrons. The molecular weight excluding hydrogens is 236 g/mol. The minimum Gasteiger partial charge on any atom is -0.481 e. The molecule has 0 spiro atoms. The van der Waals surface area contributed by atoms with E-state index in [0.717, 1.165) is 17.9 Å². The van der Waals surface area contributed by atoms with Crippen LogP contribution in [-0.4, -0.2) is 35.7 Å². The Morgan fingerprint density at radius 3 is 2.13 bits per heavy atom. The molecule has 0 rings (SSSR count). The molecule has 0 fully saturated rings. The molecule has 0 heterocycles. The molecule has 0 unspecified atom stereocenters. The number of carboxylic acids is 1. The lowest BCUT2D eigenvalue weighted by atomic mass is 10.3. The van der Waals surface area contributed by atoms with Gasteiger partial charge in [-0.1, -0.05) is 21.6 Å². The Hall–Kier alpha value is -0.360. The minimum atomic E-state index is -0.744. The highest BCUT2D eigenvalue weighted by Crippen LogP contribution is 2.23. The maximum atomic E-state index is 10.7. The Labute approximate surface area is 97.5 Å². The fraction of sp³-hybridized carbons (Fsp3) is 0.778. The van der Waals surface area contributed by atoms with Crippen molar-refractivity contribution < 1.29 is 19.4 Å². The highest BCUT2D eigenvalue weighted by Gasteiger charge is 2.00. The number of carbonyl (C=O) groups excluding carboxylic acids is 1. The molecule has 15 heavy (non-hydrogen) atoms. The number of hydrogen-bond acceptors (Lipinski definition) is 5. The van der Waals surface area contributed by atoms with Gasteiger partial charge >= 0.3 is 11.9 Å². The summed E-state index contributed by atoms with van der Waals surface area (Å²) in [5.41, 5.74) is 0. The number of carboxylic acid groups (broad SMARTS) is 1. The zero-order chi connectivity index (χ0) is 11.5. The van der Waals surface area contributed by atoms with Crippen LogP contribution in [0.3, 0.4) is 0 Å². The van der Waals surface area contributed by atoms with E-state index in [2.05, 4.69) is 4.74 Å². The summed E-state index contributed by atoms with van der Waals surface area (Å²) in [5, 5.41) is 8.38. The van der Waals surface area contributed by atoms with Crippen LogP contribution in [0.25, 0.3) is 0 Å². The fourth-order valence-electron chi connectivity index (χ4n) is 0.778. The topological polar surface area (TPSA) is 63.6 Å². The van der Waals surface area contributed by atoms with Gasteiger partial charge in [0.2, 0.25) is 0 Å². The number of carbonyl (C=O) groups is 2. The fourth-order valence-corrected chi connectivity index (χ4v) is 2.95. The average molecular weight is 252 g/mol. The van der Waals surface area contributed by atoms with Crippen molar-refractivity contribution in [3.8, 4) is 0 Å². The van der Waals surface area contributed by atoms with Crippen molar-refractivity contribution in [2.24, 2.45) is 0 Å². The van der Waals surface area contributed by atoms with Crippen molar-refractivity contribution in [2.45, 2.75) is 25.7 Å². The molecule has 0 aromatic carbocycles. The van der Waals surface area contributed by atoms with E-state index in [1.54, 1.807) is 21.6 Å². The van der Waals surface area contributed by atoms with Gasteiger partial charge in [0.15, 0.2) is 0 Å². The molecule has 0 aromatic rings. The van der Waals surface area contributed by atoms with Crippen LogP contribution in [0.1, 0.15) is 25.7 Å². The van der Waals surface area contributed by atoms with E-state index in [0.29, 0.717) is 12.8 Å². The van der Waals surface area contributed by atoms with Crippen molar-refractivity contribution in [1.29, 1.82) is 0 Å². The number of methoxy groups -OCH3 is 1. The van der Waals surface area contributed by atoms with Crippen molar-refractivity contribution in [3.63, 3.8) is 0 Å². The maximum Gasteiger partial charge on any atom is 0.305 e. The predicted octanol–water partition coefficient (Wildman–Crippen LogP) is 2.19. The first-order valence-electron chi connectivity index (χ1n) is 4.70. The average Bonchev–Trinajstić information content (AvgIpc) is 2.21. The van der Waals surface area contributed by atoms with E-state index in [1.165, 1.54) is 7.11 Å². The van der Waals surface area contributed by atoms with Gasteiger partial charge < -0.3 is 9.84 Å². The molecule has 0 saturated heterocycles. The van der Waals surface area contributed by atoms with Crippen LogP contribution >= 0.6 is 21.6 Å². The maximum absolute atomic E-state index is 10.7. The van der Waals surface area contributed by atoms with Crippen molar-refractivity contribution in [1.82, 2.24) is 0 Å². The predicted molar refractivity (Wildman–Crippen MR) is 63.0 cm³/mol. The number of aliphatic carboxylic acids is 1. The molecule has 0 aliphatic heterocycles. The number of hydrogen-bond donors (Lipinski definition) is 1. The standard InChI is InChI=1S/C9H16O4S2/c1-13-9(12)5-3-7-15-14-6-2-4-8(10)11/h2-7H2,1H3,(H,10,11). The highest BCUT2D eigenvalue weighted by atomic mass is 33.1. The molecule has 1 N–H and O–H groups in total. The zero-order valence-electron chi connectivity index (χ0n) is 8.73. The quantitative estimate of drug-likeness (QED) is 0.385. The first kappa shape index (κ1) is 14.6. The lowest BCUT2D eigenvalue weighted by molar-refractivity contribution is -0.140. The Morgan fingerprint density at radius 1 is 1.13 bits per heavy atom. The second-order valence-corrected chi connectivity index (χ2v) is 5.52. The van der Waals surface area contributed by atoms with E-state index in [4.69, 9.17) is 5.11 Å². The Balaban J connectivity index is 3.05. The van der Waals surface area contributed by atoms with E-state index in [9.17, 15) is 9.59 Å². The van der Waals surface area contributed by atoms with Gasteiger partial charge in [-0.05, 0) is 12.8 Å². The van der Waals surface area contributed by atoms with Crippen LogP contribution < -0.4 is 0 Å². The first-order valence-corrected chi connectivity index (χ1v) is 7.18. The van der Waals surface area contributed by atoms with Gasteiger partial charge in [-0.25, -0.2) is 0 Å². The first-order chi connectivity index (χ1) is 7.16. The molecule has 0 saturated carbocycles. The lowest BCUT2D eigenvalue weighted by Gasteiger charge is -2.00. The van der Waals surface area contributed by atoms with Gasteiger partial charge in [0.05, 0.1) is 7.11 Å². The summed E-state index contributed by atoms with van der Waals surface area (Å²) in [5.74, 6) is 0.819. The molecule has 4 nitrogen and oxygen atoms in total. The second kappa shape index (κ2) is 10.2. The van der Waals surface area contributed by atoms with Crippen LogP contribution in [0.4, 0.5) is 0 Å². The van der Waals surface area contributed by atoms with E-state index >= 15 is 0 Å². The summed E-state index contributed by atoms with van der Waals surface area (Å²) < 4.78 is 4.50. The van der Waals surface area contributed by atoms with Crippen molar-refractivity contribution in [2.75, 3.05) is 18.6 Å². The molecule has 0 bridgehead atoms. The SMILES string of the molecule is COC(=O)CCCSSCCCC(=O)O. The van der Waals surface area contributed by atoms with Crippen molar-refractivity contribution in [3.05, 3.63) is 0 Å². The molecule has 0 aliphatic rings. The monoisotopic (exact) mass is 252 g/mol. The van der Waals surface area contributed by atoms with Crippen LogP contribution in [-0.2, 0) is 14.3 Å². The Bertz CT molecular complexity index is 197. The Kier molecular flexibility index (Phi) is 9.92. The van der Waals surface area contributed by atoms with E-state index < -0.39 is 5.97 Å². The van der Waals surface area contributed by atoms with E-state index in [-0.39, 0.29) is 12.4 Å². The third kappa shape index (κ3) is 11.6. The molecule has 0 aliphatic carbocycles. The largest absolute Gasteiger partial charge is 0.481 e. The molecule has 0 amide bonds. The van der Waals surface area contributed by atoms with Gasteiger partial charge in [-0.2, -0.15) is 0 Å². The third-order valence-corrected chi connectivity index (χ3v) is 4.12. The molecular formula is C9H16O4S2. The van der Waals surface area contributed by atoms with Gasteiger partial charge in [-0.15, -0.1) is 0 Å². The zero-order valence-corrected chi connectivity index (χ0v) is 10.4. The summed E-state index contributed by atoms with van der Waals surface area (Å²) >= 11 is 0. The van der Waals surface area contributed by atoms with Crippen LogP contribution in [0.5, 0.6) is 0 Å². The van der Waals surface area contributed by atoms with Gasteiger partial charge in [0, 0.05) is 24.3 Å². The normalized spacial score (nSPS) is 9.93. The lowest BCUT2D eigenvalue weighted by Crippen LogP contribution is -1.99. The molecule has 0 atom stereocenters. The van der Waals surface area contributed by atoms with Gasteiger partial charge in [-0.3, -0.25) is 9.59 Å². The summed E-state index contributed by atoms with van der Waals surface area (Å²) in [6, 6.07) is 0. The van der Waals surface area contributed by atoms with Crippen LogP contribution in [0, 0.1) is 0 Å². The number of esters is 1. The van der Waals surface area contributed by atoms with Crippen LogP contribution in [0.15, 0.2) is 0 Å². The summed E-state index contributed by atoms with van der Waals surface area (Å²) in [7, 11) is 4.71. The Morgan fingerprint density at radius 2 is 1.67 bits per heavy atom. The highest BCUT2D eigenvalue weighted by molar-refractivity contribution is 8.76. The summed E-state index contributed by atoms with van der Waals surface area (Å²) in [6.07, 6.45) is 2.20. The van der Waals surface area contributed by atoms with E-state index in [1.807, 2.05) is 0 Å². The number of rotatable bonds is 9. The summed E-state index contributed by atoms with van der Waals surface area (Å²) in [6.45, 7) is 0. The minimum absolute atomic E-state index is 0.175. The van der Waals surface area contributed by atoms with Gasteiger partial charge in [0.25, 0.3) is 0 Å². The second-order valence-electron chi connectivity index (χ2n) is 2.82. The summed E-state index contributed by atoms with van der Waals surface area (Å²) in [4.78, 5) is 20.9. The van der Waals surface area contributed by atoms with Gasteiger partial charge in [0.1, 0.15) is 0 Å². The van der Waals surface area contributed by atoms with Crippen molar-refractivity contribution >= 4 is 33.5 Å². The molecule has 6 heteroatoms. The molecule has 0 aromatic heterocycles.